The van der Waals surface area contributed by atoms with Crippen molar-refractivity contribution in [3.8, 4) is 0 Å². The first-order valence-electron chi connectivity index (χ1n) is 8.43. The molecule has 0 aliphatic heterocycles. The maximum atomic E-state index is 13.8. The van der Waals surface area contributed by atoms with Crippen molar-refractivity contribution in [3.63, 3.8) is 0 Å². The van der Waals surface area contributed by atoms with Crippen LogP contribution in [-0.2, 0) is 19.6 Å². The van der Waals surface area contributed by atoms with Gasteiger partial charge in [0, 0.05) is 6.04 Å². The van der Waals surface area contributed by atoms with Crippen LogP contribution in [0.5, 0.6) is 0 Å². The molecule has 0 unspecified atom stereocenters. The molecular formula is C17H23FN2O5S. The molecule has 3 atom stereocenters. The van der Waals surface area contributed by atoms with E-state index in [9.17, 15) is 22.4 Å². The predicted octanol–water partition coefficient (Wildman–Crippen LogP) is 1.71. The number of ether oxygens (including phenoxy) is 1. The molecule has 1 amide bonds. The van der Waals surface area contributed by atoms with Gasteiger partial charge in [0.25, 0.3) is 5.91 Å². The summed E-state index contributed by atoms with van der Waals surface area (Å²) in [4.78, 5) is 24.0. The van der Waals surface area contributed by atoms with E-state index in [2.05, 4.69) is 12.2 Å². The van der Waals surface area contributed by atoms with E-state index in [4.69, 9.17) is 9.88 Å². The number of rotatable bonds is 5. The van der Waals surface area contributed by atoms with Crippen LogP contribution in [-0.4, -0.2) is 32.4 Å². The minimum atomic E-state index is -4.10. The van der Waals surface area contributed by atoms with Gasteiger partial charge in [-0.15, -0.1) is 0 Å². The van der Waals surface area contributed by atoms with Crippen LogP contribution >= 0.6 is 0 Å². The summed E-state index contributed by atoms with van der Waals surface area (Å²) in [5.74, 6) is -2.23. The fourth-order valence-corrected chi connectivity index (χ4v) is 3.49. The Kier molecular flexibility index (Phi) is 6.35. The molecule has 1 aliphatic carbocycles. The highest BCUT2D eigenvalue weighted by Gasteiger charge is 2.27. The van der Waals surface area contributed by atoms with Gasteiger partial charge in [0.1, 0.15) is 5.82 Å². The summed E-state index contributed by atoms with van der Waals surface area (Å²) in [6, 6.07) is 2.56. The lowest BCUT2D eigenvalue weighted by Crippen LogP contribution is -2.46. The Morgan fingerprint density at radius 2 is 1.96 bits per heavy atom. The van der Waals surface area contributed by atoms with Gasteiger partial charge in [-0.25, -0.2) is 22.7 Å². The number of nitrogens with two attached hydrogens (primary N) is 1. The summed E-state index contributed by atoms with van der Waals surface area (Å²) in [6.07, 6.45) is 2.88. The smallest absolute Gasteiger partial charge is 0.341 e. The maximum absolute atomic E-state index is 13.8. The first kappa shape index (κ1) is 20.3. The Hall–Kier alpha value is -2.00. The summed E-state index contributed by atoms with van der Waals surface area (Å²) in [5, 5.41) is 7.83. The minimum Gasteiger partial charge on any atom is -0.449 e. The van der Waals surface area contributed by atoms with E-state index in [1.54, 1.807) is 0 Å². The highest BCUT2D eigenvalue weighted by atomic mass is 32.2. The molecule has 0 bridgehead atoms. The SMILES string of the molecule is C[C@@H]1CCCC[C@H]1NC(=O)[C@@H](C)OC(=O)c1cc(S(N)(=O)=O)ccc1F. The molecule has 0 radical (unpaired) electrons. The van der Waals surface area contributed by atoms with Crippen molar-refractivity contribution in [1.82, 2.24) is 5.32 Å². The third-order valence-electron chi connectivity index (χ3n) is 4.58. The molecule has 7 nitrogen and oxygen atoms in total. The van der Waals surface area contributed by atoms with Crippen LogP contribution in [0.2, 0.25) is 0 Å². The molecular weight excluding hydrogens is 363 g/mol. The maximum Gasteiger partial charge on any atom is 0.341 e. The molecule has 0 heterocycles. The van der Waals surface area contributed by atoms with E-state index < -0.39 is 44.3 Å². The van der Waals surface area contributed by atoms with E-state index in [-0.39, 0.29) is 6.04 Å². The van der Waals surface area contributed by atoms with Gasteiger partial charge in [0.15, 0.2) is 6.10 Å². The molecule has 144 valence electrons. The Morgan fingerprint density at radius 1 is 1.31 bits per heavy atom. The molecule has 1 saturated carbocycles. The van der Waals surface area contributed by atoms with Gasteiger partial charge >= 0.3 is 5.97 Å². The fourth-order valence-electron chi connectivity index (χ4n) is 2.95. The Morgan fingerprint density at radius 3 is 2.58 bits per heavy atom. The number of sulfonamides is 1. The standard InChI is InChI=1S/C17H23FN2O5S/c1-10-5-3-4-6-15(10)20-16(21)11(2)25-17(22)13-9-12(26(19,23)24)7-8-14(13)18/h7-11,15H,3-6H2,1-2H3,(H,20,21)(H2,19,23,24)/t10-,11-,15-/m1/s1. The number of carbonyl (C=O) groups is 2. The second-order valence-corrected chi connectivity index (χ2v) is 8.17. The second kappa shape index (κ2) is 8.13. The predicted molar refractivity (Wildman–Crippen MR) is 92.2 cm³/mol. The summed E-state index contributed by atoms with van der Waals surface area (Å²) in [6.45, 7) is 3.43. The lowest BCUT2D eigenvalue weighted by Gasteiger charge is -2.30. The number of esters is 1. The number of carbonyl (C=O) groups excluding carboxylic acids is 2. The molecule has 3 N–H and O–H groups in total. The van der Waals surface area contributed by atoms with Gasteiger partial charge in [0.05, 0.1) is 10.5 Å². The largest absolute Gasteiger partial charge is 0.449 e. The van der Waals surface area contributed by atoms with Gasteiger partial charge in [-0.2, -0.15) is 0 Å². The first-order chi connectivity index (χ1) is 12.1. The van der Waals surface area contributed by atoms with Gasteiger partial charge in [-0.1, -0.05) is 19.8 Å². The number of benzene rings is 1. The van der Waals surface area contributed by atoms with Gasteiger partial charge in [-0.3, -0.25) is 4.79 Å². The van der Waals surface area contributed by atoms with E-state index in [1.807, 2.05) is 0 Å². The molecule has 0 aromatic heterocycles. The van der Waals surface area contributed by atoms with E-state index in [0.29, 0.717) is 5.92 Å². The van der Waals surface area contributed by atoms with Crippen LogP contribution in [0.15, 0.2) is 23.1 Å². The highest BCUT2D eigenvalue weighted by molar-refractivity contribution is 7.89. The lowest BCUT2D eigenvalue weighted by molar-refractivity contribution is -0.130. The average molecular weight is 386 g/mol. The van der Waals surface area contributed by atoms with Gasteiger partial charge in [-0.05, 0) is 43.9 Å². The van der Waals surface area contributed by atoms with Crippen molar-refractivity contribution >= 4 is 21.9 Å². The van der Waals surface area contributed by atoms with Crippen molar-refractivity contribution in [2.24, 2.45) is 11.1 Å². The summed E-state index contributed by atoms with van der Waals surface area (Å²) < 4.78 is 41.5. The van der Waals surface area contributed by atoms with Crippen LogP contribution < -0.4 is 10.5 Å². The second-order valence-electron chi connectivity index (χ2n) is 6.61. The number of primary sulfonamides is 1. The van der Waals surface area contributed by atoms with Gasteiger partial charge < -0.3 is 10.1 Å². The lowest BCUT2D eigenvalue weighted by atomic mass is 9.86. The van der Waals surface area contributed by atoms with Crippen LogP contribution in [0.1, 0.15) is 49.9 Å². The normalized spacial score (nSPS) is 21.7. The van der Waals surface area contributed by atoms with E-state index >= 15 is 0 Å². The fraction of sp³-hybridized carbons (Fsp3) is 0.529. The van der Waals surface area contributed by atoms with Crippen molar-refractivity contribution < 1.29 is 27.1 Å². The van der Waals surface area contributed by atoms with Crippen LogP contribution in [0.3, 0.4) is 0 Å². The van der Waals surface area contributed by atoms with Gasteiger partial charge in [0.2, 0.25) is 10.0 Å². The Balaban J connectivity index is 2.05. The minimum absolute atomic E-state index is 0.0137. The van der Waals surface area contributed by atoms with Crippen molar-refractivity contribution in [2.75, 3.05) is 0 Å². The summed E-state index contributed by atoms with van der Waals surface area (Å²) >= 11 is 0. The Bertz CT molecular complexity index is 796. The molecule has 1 fully saturated rings. The molecule has 2 rings (SSSR count). The molecule has 0 spiro atoms. The zero-order valence-electron chi connectivity index (χ0n) is 14.7. The summed E-state index contributed by atoms with van der Waals surface area (Å²) in [5.41, 5.74) is -0.595. The zero-order chi connectivity index (χ0) is 19.5. The molecule has 1 aliphatic rings. The monoisotopic (exact) mass is 386 g/mol. The summed E-state index contributed by atoms with van der Waals surface area (Å²) in [7, 11) is -4.10. The molecule has 1 aromatic rings. The highest BCUT2D eigenvalue weighted by Crippen LogP contribution is 2.24. The van der Waals surface area contributed by atoms with Crippen molar-refractivity contribution in [3.05, 3.63) is 29.6 Å². The molecule has 26 heavy (non-hydrogen) atoms. The third-order valence-corrected chi connectivity index (χ3v) is 5.49. The topological polar surface area (TPSA) is 116 Å². The quantitative estimate of drug-likeness (QED) is 0.748. The number of nitrogens with one attached hydrogen (secondary N) is 1. The average Bonchev–Trinajstić information content (AvgIpc) is 2.56. The van der Waals surface area contributed by atoms with E-state index in [0.717, 1.165) is 43.9 Å². The van der Waals surface area contributed by atoms with E-state index in [1.165, 1.54) is 6.92 Å². The zero-order valence-corrected chi connectivity index (χ0v) is 15.5. The first-order valence-corrected chi connectivity index (χ1v) is 9.98. The van der Waals surface area contributed by atoms with Crippen LogP contribution in [0, 0.1) is 11.7 Å². The molecule has 0 saturated heterocycles. The van der Waals surface area contributed by atoms with Crippen molar-refractivity contribution in [2.45, 2.75) is 56.6 Å². The number of amides is 1. The molecule has 1 aromatic carbocycles. The molecule has 9 heteroatoms. The van der Waals surface area contributed by atoms with Crippen LogP contribution in [0.4, 0.5) is 4.39 Å². The number of hydrogen-bond donors (Lipinski definition) is 2. The van der Waals surface area contributed by atoms with Crippen molar-refractivity contribution in [1.29, 1.82) is 0 Å². The Labute approximate surface area is 152 Å². The number of hydrogen-bond acceptors (Lipinski definition) is 5. The van der Waals surface area contributed by atoms with Crippen LogP contribution in [0.25, 0.3) is 0 Å². The number of halogens is 1. The third kappa shape index (κ3) is 5.01.